The Balaban J connectivity index is 3.86. The Morgan fingerprint density at radius 3 is 1.86 bits per heavy atom. The van der Waals surface area contributed by atoms with E-state index >= 15 is 0 Å². The highest BCUT2D eigenvalue weighted by molar-refractivity contribution is 7.40. The van der Waals surface area contributed by atoms with Gasteiger partial charge in [-0.1, -0.05) is 111 Å². The normalized spacial score (nSPS) is 14.2. The maximum absolute atomic E-state index is 11.8. The highest BCUT2D eigenvalue weighted by Crippen LogP contribution is 2.33. The molecule has 0 aromatic heterocycles. The van der Waals surface area contributed by atoms with Gasteiger partial charge in [0.25, 0.3) is 0 Å². The molecule has 216 valence electrons. The van der Waals surface area contributed by atoms with E-state index in [0.29, 0.717) is 18.9 Å². The van der Waals surface area contributed by atoms with Crippen LogP contribution in [0.3, 0.4) is 0 Å². The van der Waals surface area contributed by atoms with Crippen molar-refractivity contribution in [1.82, 2.24) is 4.90 Å². The van der Waals surface area contributed by atoms with Gasteiger partial charge in [0.15, 0.2) is 0 Å². The molecule has 0 aliphatic heterocycles. The largest absolute Gasteiger partial charge is 0.460 e. The number of rotatable bonds is 27. The number of nitrogens with zero attached hydrogens (tertiary/aromatic N) is 1. The van der Waals surface area contributed by atoms with E-state index in [-0.39, 0.29) is 18.7 Å². The minimum Gasteiger partial charge on any atom is -0.460 e. The van der Waals surface area contributed by atoms with Crippen molar-refractivity contribution in [3.63, 3.8) is 0 Å². The zero-order valence-corrected chi connectivity index (χ0v) is 25.4. The van der Waals surface area contributed by atoms with Gasteiger partial charge in [-0.15, -0.1) is 0 Å². The molecule has 3 unspecified atom stereocenters. The maximum atomic E-state index is 11.8. The topological polar surface area (TPSA) is 68.2 Å². The molecular weight excluding hydrogens is 473 g/mol. The summed E-state index contributed by atoms with van der Waals surface area (Å²) in [7, 11) is 2.08. The van der Waals surface area contributed by atoms with E-state index in [9.17, 15) is 9.69 Å². The quantitative estimate of drug-likeness (QED) is 0.0649. The Labute approximate surface area is 225 Å². The number of hydrogen-bond acceptors (Lipinski definition) is 6. The van der Waals surface area contributed by atoms with Crippen LogP contribution in [0.1, 0.15) is 136 Å². The van der Waals surface area contributed by atoms with Crippen molar-refractivity contribution in [3.05, 3.63) is 0 Å². The summed E-state index contributed by atoms with van der Waals surface area (Å²) in [6.07, 6.45) is 21.8. The monoisotopic (exact) mass is 533 g/mol. The molecule has 7 heteroatoms. The second-order valence-corrected chi connectivity index (χ2v) is 11.7. The summed E-state index contributed by atoms with van der Waals surface area (Å²) in [6.45, 7) is 7.90. The summed E-state index contributed by atoms with van der Waals surface area (Å²) in [4.78, 5) is 23.9. The molecule has 0 heterocycles. The van der Waals surface area contributed by atoms with Gasteiger partial charge >= 0.3 is 14.6 Å². The molecule has 0 aromatic carbocycles. The predicted octanol–water partition coefficient (Wildman–Crippen LogP) is 8.41. The van der Waals surface area contributed by atoms with E-state index in [2.05, 4.69) is 18.7 Å². The Morgan fingerprint density at radius 1 is 0.778 bits per heavy atom. The summed E-state index contributed by atoms with van der Waals surface area (Å²) < 4.78 is 16.4. The first-order chi connectivity index (χ1) is 17.4. The van der Waals surface area contributed by atoms with E-state index in [1.807, 2.05) is 14.1 Å². The summed E-state index contributed by atoms with van der Waals surface area (Å²) >= 11 is 0. The van der Waals surface area contributed by atoms with Crippen LogP contribution in [0, 0.1) is 5.92 Å². The number of carbonyl (C=O) groups excluding carboxylic acids is 1. The van der Waals surface area contributed by atoms with Gasteiger partial charge in [0, 0.05) is 6.42 Å². The molecule has 0 saturated heterocycles. The number of esters is 1. The molecule has 36 heavy (non-hydrogen) atoms. The SMILES string of the molecule is CCCCCCCCCCCCCCCC(C)CCC(COP(O)OCCCN(C)C)OC(=O)CC. The van der Waals surface area contributed by atoms with E-state index in [0.717, 1.165) is 25.8 Å². The second kappa shape index (κ2) is 26.4. The van der Waals surface area contributed by atoms with E-state index < -0.39 is 8.60 Å². The zero-order chi connectivity index (χ0) is 26.9. The third-order valence-corrected chi connectivity index (χ3v) is 7.46. The average molecular weight is 534 g/mol. The van der Waals surface area contributed by atoms with Crippen LogP contribution in [0.15, 0.2) is 0 Å². The molecule has 3 atom stereocenters. The van der Waals surface area contributed by atoms with Crippen LogP contribution < -0.4 is 0 Å². The van der Waals surface area contributed by atoms with Crippen molar-refractivity contribution < 1.29 is 23.5 Å². The molecular formula is C29H60NO5P. The number of carbonyl (C=O) groups is 1. The van der Waals surface area contributed by atoms with Gasteiger partial charge in [-0.25, -0.2) is 0 Å². The first-order valence-electron chi connectivity index (χ1n) is 15.0. The van der Waals surface area contributed by atoms with Gasteiger partial charge in [0.1, 0.15) is 6.10 Å². The lowest BCUT2D eigenvalue weighted by atomic mass is 9.96. The molecule has 0 aliphatic carbocycles. The molecule has 0 fully saturated rings. The third-order valence-electron chi connectivity index (χ3n) is 6.69. The lowest BCUT2D eigenvalue weighted by Gasteiger charge is -2.21. The fraction of sp³-hybridized carbons (Fsp3) is 0.966. The minimum atomic E-state index is -1.93. The Hall–Kier alpha value is -0.260. The van der Waals surface area contributed by atoms with Gasteiger partial charge in [-0.2, -0.15) is 0 Å². The fourth-order valence-corrected chi connectivity index (χ4v) is 4.93. The van der Waals surface area contributed by atoms with Crippen LogP contribution in [-0.2, 0) is 18.6 Å². The van der Waals surface area contributed by atoms with Gasteiger partial charge in [0.05, 0.1) is 13.2 Å². The number of unbranched alkanes of at least 4 members (excludes halogenated alkanes) is 12. The summed E-state index contributed by atoms with van der Waals surface area (Å²) in [5.74, 6) is 0.375. The maximum Gasteiger partial charge on any atom is 0.329 e. The fourth-order valence-electron chi connectivity index (χ4n) is 4.28. The van der Waals surface area contributed by atoms with Crippen molar-refractivity contribution >= 4 is 14.6 Å². The van der Waals surface area contributed by atoms with Gasteiger partial charge < -0.3 is 23.6 Å². The van der Waals surface area contributed by atoms with Crippen molar-refractivity contribution in [3.8, 4) is 0 Å². The van der Waals surface area contributed by atoms with Crippen LogP contribution in [0.25, 0.3) is 0 Å². The highest BCUT2D eigenvalue weighted by Gasteiger charge is 2.18. The lowest BCUT2D eigenvalue weighted by molar-refractivity contribution is -0.150. The minimum absolute atomic E-state index is 0.188. The molecule has 6 nitrogen and oxygen atoms in total. The highest BCUT2D eigenvalue weighted by atomic mass is 31.2. The summed E-state index contributed by atoms with van der Waals surface area (Å²) in [6, 6.07) is 0. The molecule has 0 rings (SSSR count). The molecule has 0 amide bonds. The van der Waals surface area contributed by atoms with Crippen LogP contribution in [-0.4, -0.2) is 55.7 Å². The first-order valence-corrected chi connectivity index (χ1v) is 16.1. The molecule has 0 bridgehead atoms. The molecule has 0 aliphatic rings. The number of hydrogen-bond donors (Lipinski definition) is 1. The van der Waals surface area contributed by atoms with Gasteiger partial charge in [-0.05, 0) is 45.8 Å². The van der Waals surface area contributed by atoms with E-state index in [1.165, 1.54) is 89.9 Å². The van der Waals surface area contributed by atoms with E-state index in [1.54, 1.807) is 6.92 Å². The summed E-state index contributed by atoms with van der Waals surface area (Å²) in [5, 5.41) is 0. The van der Waals surface area contributed by atoms with Crippen LogP contribution in [0.4, 0.5) is 0 Å². The molecule has 1 N–H and O–H groups in total. The van der Waals surface area contributed by atoms with Crippen LogP contribution in [0.2, 0.25) is 0 Å². The van der Waals surface area contributed by atoms with Crippen LogP contribution >= 0.6 is 8.60 Å². The molecule has 0 radical (unpaired) electrons. The zero-order valence-electron chi connectivity index (χ0n) is 24.5. The van der Waals surface area contributed by atoms with Crippen molar-refractivity contribution in [1.29, 1.82) is 0 Å². The lowest BCUT2D eigenvalue weighted by Crippen LogP contribution is -2.23. The predicted molar refractivity (Wildman–Crippen MR) is 153 cm³/mol. The Bertz CT molecular complexity index is 481. The van der Waals surface area contributed by atoms with Gasteiger partial charge in [-0.3, -0.25) is 4.79 Å². The van der Waals surface area contributed by atoms with Crippen molar-refractivity contribution in [2.75, 3.05) is 33.9 Å². The van der Waals surface area contributed by atoms with Crippen molar-refractivity contribution in [2.24, 2.45) is 5.92 Å². The third kappa shape index (κ3) is 25.4. The second-order valence-electron chi connectivity index (χ2n) is 10.7. The van der Waals surface area contributed by atoms with Crippen molar-refractivity contribution in [2.45, 2.75) is 142 Å². The Morgan fingerprint density at radius 2 is 1.33 bits per heavy atom. The summed E-state index contributed by atoms with van der Waals surface area (Å²) in [5.41, 5.74) is 0. The first kappa shape index (κ1) is 35.7. The average Bonchev–Trinajstić information content (AvgIpc) is 2.86. The Kier molecular flexibility index (Phi) is 26.2. The van der Waals surface area contributed by atoms with Gasteiger partial charge in [0.2, 0.25) is 0 Å². The molecule has 0 spiro atoms. The van der Waals surface area contributed by atoms with Crippen LogP contribution in [0.5, 0.6) is 0 Å². The van der Waals surface area contributed by atoms with E-state index in [4.69, 9.17) is 13.8 Å². The molecule has 0 aromatic rings. The number of ether oxygens (including phenoxy) is 1. The standard InChI is InChI=1S/C29H60NO5P/c1-6-8-9-10-11-12-13-14-15-16-17-18-19-21-27(3)22-23-28(35-29(31)7-2)26-34-36(32)33-25-20-24-30(4)5/h27-28,32H,6-26H2,1-5H3. The molecule has 0 saturated carbocycles. The smallest absolute Gasteiger partial charge is 0.329 e.